The van der Waals surface area contributed by atoms with Gasteiger partial charge in [-0.15, -0.1) is 0 Å². The fourth-order valence-corrected chi connectivity index (χ4v) is 1.45. The standard InChI is InChI=1S/C15H18O/c1-14(8-4-3-7-13-16)11-12-15-9-5-2-6-10-15/h2,4-6,8-10,13H,1,3,7,11-12H2/b8-4+. The van der Waals surface area contributed by atoms with E-state index in [4.69, 9.17) is 0 Å². The lowest BCUT2D eigenvalue weighted by molar-refractivity contribution is -0.107. The summed E-state index contributed by atoms with van der Waals surface area (Å²) in [6.07, 6.45) is 8.39. The van der Waals surface area contributed by atoms with Crippen molar-refractivity contribution in [2.45, 2.75) is 25.7 Å². The largest absolute Gasteiger partial charge is 0.303 e. The molecule has 0 spiro atoms. The van der Waals surface area contributed by atoms with Gasteiger partial charge in [0.1, 0.15) is 6.29 Å². The molecule has 0 radical (unpaired) electrons. The molecule has 16 heavy (non-hydrogen) atoms. The topological polar surface area (TPSA) is 17.1 Å². The summed E-state index contributed by atoms with van der Waals surface area (Å²) in [5, 5.41) is 0. The Labute approximate surface area is 97.5 Å². The number of aryl methyl sites for hydroxylation is 1. The van der Waals surface area contributed by atoms with Gasteiger partial charge in [0.25, 0.3) is 0 Å². The van der Waals surface area contributed by atoms with Crippen LogP contribution in [0.3, 0.4) is 0 Å². The average molecular weight is 214 g/mol. The maximum atomic E-state index is 10.1. The van der Waals surface area contributed by atoms with Crippen LogP contribution in [0.15, 0.2) is 54.6 Å². The van der Waals surface area contributed by atoms with Crippen LogP contribution in [0, 0.1) is 0 Å². The summed E-state index contributed by atoms with van der Waals surface area (Å²) >= 11 is 0. The molecule has 0 heterocycles. The van der Waals surface area contributed by atoms with Crippen LogP contribution in [0.5, 0.6) is 0 Å². The number of hydrogen-bond donors (Lipinski definition) is 0. The molecule has 0 aliphatic rings. The summed E-state index contributed by atoms with van der Waals surface area (Å²) in [5.41, 5.74) is 2.46. The molecular weight excluding hydrogens is 196 g/mol. The highest BCUT2D eigenvalue weighted by Gasteiger charge is 1.92. The van der Waals surface area contributed by atoms with E-state index in [1.54, 1.807) is 0 Å². The molecule has 0 aromatic heterocycles. The average Bonchev–Trinajstić information content (AvgIpc) is 2.33. The third-order valence-corrected chi connectivity index (χ3v) is 2.38. The number of carbonyl (C=O) groups excluding carboxylic acids is 1. The minimum absolute atomic E-state index is 0.600. The second kappa shape index (κ2) is 7.63. The van der Waals surface area contributed by atoms with Crippen molar-refractivity contribution in [3.63, 3.8) is 0 Å². The van der Waals surface area contributed by atoms with Crippen LogP contribution in [0.25, 0.3) is 0 Å². The second-order valence-corrected chi connectivity index (χ2v) is 3.79. The van der Waals surface area contributed by atoms with Crippen molar-refractivity contribution in [3.8, 4) is 0 Å². The molecule has 0 atom stereocenters. The van der Waals surface area contributed by atoms with Gasteiger partial charge < -0.3 is 4.79 Å². The van der Waals surface area contributed by atoms with E-state index >= 15 is 0 Å². The van der Waals surface area contributed by atoms with Crippen LogP contribution in [-0.4, -0.2) is 6.29 Å². The van der Waals surface area contributed by atoms with Crippen LogP contribution in [0.2, 0.25) is 0 Å². The lowest BCUT2D eigenvalue weighted by Crippen LogP contribution is -1.85. The summed E-state index contributed by atoms with van der Waals surface area (Å²) in [6, 6.07) is 10.4. The van der Waals surface area contributed by atoms with Gasteiger partial charge >= 0.3 is 0 Å². The van der Waals surface area contributed by atoms with E-state index in [9.17, 15) is 4.79 Å². The number of carbonyl (C=O) groups is 1. The molecular formula is C15H18O. The van der Waals surface area contributed by atoms with Gasteiger partial charge in [-0.2, -0.15) is 0 Å². The summed E-state index contributed by atoms with van der Waals surface area (Å²) < 4.78 is 0. The summed E-state index contributed by atoms with van der Waals surface area (Å²) in [6.45, 7) is 3.99. The van der Waals surface area contributed by atoms with Gasteiger partial charge in [0.15, 0.2) is 0 Å². The monoisotopic (exact) mass is 214 g/mol. The lowest BCUT2D eigenvalue weighted by atomic mass is 10.1. The third kappa shape index (κ3) is 5.30. The van der Waals surface area contributed by atoms with Gasteiger partial charge in [-0.3, -0.25) is 0 Å². The Kier molecular flexibility index (Phi) is 5.94. The molecule has 1 heteroatoms. The predicted octanol–water partition coefficient (Wildman–Crippen LogP) is 3.71. The number of aldehydes is 1. The highest BCUT2D eigenvalue weighted by Crippen LogP contribution is 2.08. The van der Waals surface area contributed by atoms with Gasteiger partial charge in [0.2, 0.25) is 0 Å². The molecule has 84 valence electrons. The van der Waals surface area contributed by atoms with Crippen molar-refractivity contribution in [1.29, 1.82) is 0 Å². The van der Waals surface area contributed by atoms with Crippen LogP contribution < -0.4 is 0 Å². The minimum atomic E-state index is 0.600. The van der Waals surface area contributed by atoms with Crippen molar-refractivity contribution in [2.75, 3.05) is 0 Å². The first kappa shape index (κ1) is 12.4. The Morgan fingerprint density at radius 1 is 1.19 bits per heavy atom. The molecule has 0 saturated carbocycles. The van der Waals surface area contributed by atoms with Crippen molar-refractivity contribution in [2.24, 2.45) is 0 Å². The van der Waals surface area contributed by atoms with Crippen molar-refractivity contribution >= 4 is 6.29 Å². The van der Waals surface area contributed by atoms with Crippen LogP contribution in [-0.2, 0) is 11.2 Å². The van der Waals surface area contributed by atoms with Crippen molar-refractivity contribution in [3.05, 3.63) is 60.2 Å². The van der Waals surface area contributed by atoms with Crippen molar-refractivity contribution in [1.82, 2.24) is 0 Å². The van der Waals surface area contributed by atoms with Crippen LogP contribution >= 0.6 is 0 Å². The second-order valence-electron chi connectivity index (χ2n) is 3.79. The third-order valence-electron chi connectivity index (χ3n) is 2.38. The van der Waals surface area contributed by atoms with E-state index in [0.29, 0.717) is 6.42 Å². The first-order chi connectivity index (χ1) is 7.83. The molecule has 1 aromatic carbocycles. The zero-order chi connectivity index (χ0) is 11.6. The van der Waals surface area contributed by atoms with Crippen molar-refractivity contribution < 1.29 is 4.79 Å². The molecule has 1 aromatic rings. The van der Waals surface area contributed by atoms with Gasteiger partial charge in [-0.25, -0.2) is 0 Å². The fourth-order valence-electron chi connectivity index (χ4n) is 1.45. The SMILES string of the molecule is C=C(/C=C/CCC=O)CCc1ccccc1. The maximum absolute atomic E-state index is 10.1. The van der Waals surface area contributed by atoms with Gasteiger partial charge in [0, 0.05) is 6.42 Å². The van der Waals surface area contributed by atoms with Gasteiger partial charge in [-0.1, -0.05) is 54.6 Å². The molecule has 0 amide bonds. The number of rotatable bonds is 7. The maximum Gasteiger partial charge on any atom is 0.120 e. The van der Waals surface area contributed by atoms with E-state index < -0.39 is 0 Å². The van der Waals surface area contributed by atoms with Crippen LogP contribution in [0.4, 0.5) is 0 Å². The first-order valence-corrected chi connectivity index (χ1v) is 5.65. The quantitative estimate of drug-likeness (QED) is 0.384. The van der Waals surface area contributed by atoms with E-state index in [0.717, 1.165) is 31.1 Å². The van der Waals surface area contributed by atoms with E-state index in [1.165, 1.54) is 5.56 Å². The highest BCUT2D eigenvalue weighted by molar-refractivity contribution is 5.49. The Balaban J connectivity index is 2.25. The van der Waals surface area contributed by atoms with Gasteiger partial charge in [-0.05, 0) is 24.8 Å². The Morgan fingerprint density at radius 2 is 1.94 bits per heavy atom. The molecule has 1 rings (SSSR count). The number of allylic oxidation sites excluding steroid dienone is 3. The van der Waals surface area contributed by atoms with E-state index in [-0.39, 0.29) is 0 Å². The molecule has 0 N–H and O–H groups in total. The molecule has 0 bridgehead atoms. The molecule has 0 aliphatic carbocycles. The van der Waals surface area contributed by atoms with E-state index in [1.807, 2.05) is 18.2 Å². The highest BCUT2D eigenvalue weighted by atomic mass is 16.1. The zero-order valence-electron chi connectivity index (χ0n) is 9.56. The molecule has 0 saturated heterocycles. The van der Waals surface area contributed by atoms with Crippen LogP contribution in [0.1, 0.15) is 24.8 Å². The normalized spacial score (nSPS) is 10.5. The number of hydrogen-bond acceptors (Lipinski definition) is 1. The first-order valence-electron chi connectivity index (χ1n) is 5.65. The van der Waals surface area contributed by atoms with E-state index in [2.05, 4.69) is 30.8 Å². The van der Waals surface area contributed by atoms with Gasteiger partial charge in [0.05, 0.1) is 0 Å². The molecule has 0 aliphatic heterocycles. The summed E-state index contributed by atoms with van der Waals surface area (Å²) in [4.78, 5) is 10.1. The Bertz CT molecular complexity index is 349. The Hall–Kier alpha value is -1.63. The Morgan fingerprint density at radius 3 is 2.62 bits per heavy atom. The minimum Gasteiger partial charge on any atom is -0.303 e. The molecule has 0 fully saturated rings. The molecule has 1 nitrogen and oxygen atoms in total. The zero-order valence-corrected chi connectivity index (χ0v) is 9.56. The lowest BCUT2D eigenvalue weighted by Gasteiger charge is -2.00. The fraction of sp³-hybridized carbons (Fsp3) is 0.267. The predicted molar refractivity (Wildman–Crippen MR) is 68.3 cm³/mol. The number of benzene rings is 1. The molecule has 0 unspecified atom stereocenters. The summed E-state index contributed by atoms with van der Waals surface area (Å²) in [7, 11) is 0. The smallest absolute Gasteiger partial charge is 0.120 e. The summed E-state index contributed by atoms with van der Waals surface area (Å²) in [5.74, 6) is 0. The number of unbranched alkanes of at least 4 members (excludes halogenated alkanes) is 1.